The van der Waals surface area contributed by atoms with Crippen LogP contribution in [0.1, 0.15) is 13.3 Å². The van der Waals surface area contributed by atoms with Crippen molar-refractivity contribution in [2.24, 2.45) is 0 Å². The van der Waals surface area contributed by atoms with Crippen LogP contribution in [0.2, 0.25) is 46.4 Å². The van der Waals surface area contributed by atoms with E-state index >= 15 is 0 Å². The van der Waals surface area contributed by atoms with Crippen molar-refractivity contribution in [2.45, 2.75) is 59.7 Å². The Labute approximate surface area is 129 Å². The molecule has 0 unspecified atom stereocenters. The lowest BCUT2D eigenvalue weighted by Crippen LogP contribution is -2.45. The summed E-state index contributed by atoms with van der Waals surface area (Å²) in [6.07, 6.45) is 1.21. The quantitative estimate of drug-likeness (QED) is 0.675. The molecule has 0 N–H and O–H groups in total. The topological polar surface area (TPSA) is 3.24 Å². The van der Waals surface area contributed by atoms with E-state index in [4.69, 9.17) is 0 Å². The van der Waals surface area contributed by atoms with Crippen molar-refractivity contribution < 1.29 is 0 Å². The molecule has 0 amide bonds. The lowest BCUT2D eigenvalue weighted by molar-refractivity contribution is 0.450. The van der Waals surface area contributed by atoms with Gasteiger partial charge in [-0.15, -0.1) is 0 Å². The Morgan fingerprint density at radius 3 is 1.90 bits per heavy atom. The van der Waals surface area contributed by atoms with E-state index in [9.17, 15) is 0 Å². The van der Waals surface area contributed by atoms with E-state index < -0.39 is 16.1 Å². The highest BCUT2D eigenvalue weighted by Gasteiger charge is 2.46. The minimum absolute atomic E-state index is 0.679. The fourth-order valence-corrected chi connectivity index (χ4v) is 16.6. The molecule has 0 spiro atoms. The van der Waals surface area contributed by atoms with Crippen LogP contribution in [0.4, 0.5) is 0 Å². The van der Waals surface area contributed by atoms with Gasteiger partial charge in [0.2, 0.25) is 0 Å². The van der Waals surface area contributed by atoms with Crippen LogP contribution >= 0.6 is 0 Å². The molecule has 0 saturated carbocycles. The standard InChI is InChI=1S/C16H34BNSi2/c1-11-13-14(12-18(4)5)20(9,10)16(19(6,7)8)15(13)17(2)3/h11-12H2,1-10H3. The average Bonchev–Trinajstić information content (AvgIpc) is 2.45. The van der Waals surface area contributed by atoms with Crippen LogP contribution < -0.4 is 0 Å². The van der Waals surface area contributed by atoms with Crippen LogP contribution in [0.25, 0.3) is 0 Å². The van der Waals surface area contributed by atoms with Crippen molar-refractivity contribution >= 4 is 22.9 Å². The zero-order valence-electron chi connectivity index (χ0n) is 15.4. The number of hydrogen-bond acceptors (Lipinski definition) is 1. The Balaban J connectivity index is 3.55. The molecule has 0 aromatic heterocycles. The molecule has 0 atom stereocenters. The highest BCUT2D eigenvalue weighted by molar-refractivity contribution is 7.10. The van der Waals surface area contributed by atoms with E-state index in [0.717, 1.165) is 6.54 Å². The van der Waals surface area contributed by atoms with Crippen LogP contribution in [-0.2, 0) is 0 Å². The third kappa shape index (κ3) is 3.23. The first-order valence-corrected chi connectivity index (χ1v) is 14.6. The minimum Gasteiger partial charge on any atom is -0.306 e. The summed E-state index contributed by atoms with van der Waals surface area (Å²) in [7, 11) is 1.75. The Kier molecular flexibility index (Phi) is 5.37. The molecule has 0 bridgehead atoms. The fourth-order valence-electron chi connectivity index (χ4n) is 4.17. The first-order chi connectivity index (χ1) is 8.94. The van der Waals surface area contributed by atoms with Crippen molar-refractivity contribution in [3.8, 4) is 0 Å². The molecule has 0 aliphatic carbocycles. The van der Waals surface area contributed by atoms with Gasteiger partial charge in [0.15, 0.2) is 6.71 Å². The first kappa shape index (κ1) is 18.0. The summed E-state index contributed by atoms with van der Waals surface area (Å²) in [5.41, 5.74) is 3.49. The second kappa shape index (κ2) is 5.97. The molecule has 1 nitrogen and oxygen atoms in total. The third-order valence-electron chi connectivity index (χ3n) is 4.49. The summed E-state index contributed by atoms with van der Waals surface area (Å²) in [5, 5.41) is 1.81. The van der Waals surface area contributed by atoms with Crippen LogP contribution in [0, 0.1) is 0 Å². The van der Waals surface area contributed by atoms with Gasteiger partial charge in [0, 0.05) is 6.54 Å². The van der Waals surface area contributed by atoms with Gasteiger partial charge in [0.1, 0.15) is 0 Å². The molecule has 1 aliphatic rings. The van der Waals surface area contributed by atoms with Crippen LogP contribution in [0.3, 0.4) is 0 Å². The van der Waals surface area contributed by atoms with Crippen molar-refractivity contribution in [3.63, 3.8) is 0 Å². The van der Waals surface area contributed by atoms with Crippen molar-refractivity contribution in [2.75, 3.05) is 20.6 Å². The molecule has 0 saturated heterocycles. The number of allylic oxidation sites excluding steroid dienone is 2. The molecule has 1 rings (SSSR count). The monoisotopic (exact) mass is 307 g/mol. The van der Waals surface area contributed by atoms with Crippen LogP contribution in [-0.4, -0.2) is 48.4 Å². The van der Waals surface area contributed by atoms with E-state index in [1.807, 2.05) is 10.0 Å². The largest absolute Gasteiger partial charge is 0.306 e. The van der Waals surface area contributed by atoms with E-state index in [-0.39, 0.29) is 0 Å². The van der Waals surface area contributed by atoms with Crippen molar-refractivity contribution in [3.05, 3.63) is 21.1 Å². The first-order valence-electron chi connectivity index (χ1n) is 8.07. The molecule has 0 fully saturated rings. The van der Waals surface area contributed by atoms with E-state index in [1.54, 1.807) is 11.0 Å². The molecular weight excluding hydrogens is 273 g/mol. The number of rotatable bonds is 5. The zero-order chi connectivity index (χ0) is 15.9. The molecule has 0 aromatic carbocycles. The van der Waals surface area contributed by atoms with E-state index in [2.05, 4.69) is 72.3 Å². The van der Waals surface area contributed by atoms with Crippen LogP contribution in [0.5, 0.6) is 0 Å². The van der Waals surface area contributed by atoms with Gasteiger partial charge in [-0.3, -0.25) is 0 Å². The lowest BCUT2D eigenvalue weighted by Gasteiger charge is -2.35. The maximum atomic E-state index is 2.60. The maximum absolute atomic E-state index is 2.60. The molecule has 1 aliphatic heterocycles. The molecule has 114 valence electrons. The molecular formula is C16H34BNSi2. The van der Waals surface area contributed by atoms with Crippen molar-refractivity contribution in [1.29, 1.82) is 0 Å². The predicted octanol–water partition coefficient (Wildman–Crippen LogP) is 4.52. The smallest absolute Gasteiger partial charge is 0.168 e. The fraction of sp³-hybridized carbons (Fsp3) is 0.750. The molecule has 0 aromatic rings. The Morgan fingerprint density at radius 2 is 1.60 bits per heavy atom. The number of nitrogens with zero attached hydrogens (tertiary/aromatic N) is 1. The number of hydrogen-bond donors (Lipinski definition) is 0. The second-order valence-electron chi connectivity index (χ2n) is 8.37. The second-order valence-corrected chi connectivity index (χ2v) is 18.2. The van der Waals surface area contributed by atoms with Gasteiger partial charge in [-0.2, -0.15) is 0 Å². The predicted molar refractivity (Wildman–Crippen MR) is 101 cm³/mol. The summed E-state index contributed by atoms with van der Waals surface area (Å²) >= 11 is 0. The lowest BCUT2D eigenvalue weighted by atomic mass is 9.47. The van der Waals surface area contributed by atoms with E-state index in [1.165, 1.54) is 6.42 Å². The average molecular weight is 307 g/mol. The minimum atomic E-state index is -1.43. The summed E-state index contributed by atoms with van der Waals surface area (Å²) < 4.78 is 0. The molecule has 0 radical (unpaired) electrons. The van der Waals surface area contributed by atoms with Gasteiger partial charge in [0.05, 0.1) is 16.1 Å². The van der Waals surface area contributed by atoms with Gasteiger partial charge in [-0.05, 0) is 20.5 Å². The van der Waals surface area contributed by atoms with E-state index in [0.29, 0.717) is 6.71 Å². The van der Waals surface area contributed by atoms with Gasteiger partial charge in [-0.25, -0.2) is 0 Å². The number of likely N-dealkylation sites (N-methyl/N-ethyl adjacent to an activating group) is 1. The highest BCUT2D eigenvalue weighted by Crippen LogP contribution is 2.45. The normalized spacial score (nSPS) is 19.4. The highest BCUT2D eigenvalue weighted by atomic mass is 28.4. The Bertz CT molecular complexity index is 440. The molecule has 1 heterocycles. The zero-order valence-corrected chi connectivity index (χ0v) is 17.4. The maximum Gasteiger partial charge on any atom is 0.168 e. The summed E-state index contributed by atoms with van der Waals surface area (Å²) in [6, 6.07) is 0. The van der Waals surface area contributed by atoms with Crippen LogP contribution in [0.15, 0.2) is 21.1 Å². The molecule has 4 heteroatoms. The summed E-state index contributed by atoms with van der Waals surface area (Å²) in [4.78, 5) is 4.30. The third-order valence-corrected chi connectivity index (χ3v) is 13.9. The Morgan fingerprint density at radius 1 is 1.10 bits per heavy atom. The summed E-state index contributed by atoms with van der Waals surface area (Å²) in [6.45, 7) is 21.8. The SMILES string of the molecule is CCC1=C(CN(C)C)[Si](C)(C)C([Si](C)(C)C)=C1B(C)C. The van der Waals surface area contributed by atoms with Gasteiger partial charge in [0.25, 0.3) is 0 Å². The summed E-state index contributed by atoms with van der Waals surface area (Å²) in [5.74, 6) is 0. The Hall–Kier alpha value is -0.0613. The van der Waals surface area contributed by atoms with Gasteiger partial charge in [-0.1, -0.05) is 74.4 Å². The molecule has 20 heavy (non-hydrogen) atoms. The van der Waals surface area contributed by atoms with Crippen molar-refractivity contribution in [1.82, 2.24) is 4.90 Å². The van der Waals surface area contributed by atoms with Gasteiger partial charge < -0.3 is 4.90 Å². The van der Waals surface area contributed by atoms with Gasteiger partial charge >= 0.3 is 0 Å².